The van der Waals surface area contributed by atoms with Crippen molar-refractivity contribution in [1.82, 2.24) is 10.4 Å². The van der Waals surface area contributed by atoms with Crippen LogP contribution in [-0.4, -0.2) is 4.98 Å². The van der Waals surface area contributed by atoms with Gasteiger partial charge in [-0.25, -0.2) is 0 Å². The van der Waals surface area contributed by atoms with Crippen LogP contribution >= 0.6 is 15.9 Å². The second-order valence-corrected chi connectivity index (χ2v) is 5.80. The van der Waals surface area contributed by atoms with Gasteiger partial charge in [-0.2, -0.15) is 0 Å². The Morgan fingerprint density at radius 2 is 1.76 bits per heavy atom. The number of para-hydroxylation sites is 1. The number of nitrogens with one attached hydrogen (secondary N) is 1. The molecule has 3 aromatic rings. The van der Waals surface area contributed by atoms with Crippen LogP contribution in [0.5, 0.6) is 0 Å². The van der Waals surface area contributed by atoms with Gasteiger partial charge in [0.05, 0.1) is 17.3 Å². The van der Waals surface area contributed by atoms with Crippen molar-refractivity contribution in [2.45, 2.75) is 12.5 Å². The molecule has 1 atom stereocenters. The van der Waals surface area contributed by atoms with Crippen LogP contribution in [0.15, 0.2) is 65.1 Å². The van der Waals surface area contributed by atoms with E-state index in [1.54, 1.807) is 0 Å². The number of aromatic nitrogens is 1. The summed E-state index contributed by atoms with van der Waals surface area (Å²) in [7, 11) is 0. The van der Waals surface area contributed by atoms with Crippen LogP contribution in [0.25, 0.3) is 10.9 Å². The number of hydrogen-bond donors (Lipinski definition) is 2. The first-order valence-corrected chi connectivity index (χ1v) is 7.62. The van der Waals surface area contributed by atoms with E-state index < -0.39 is 0 Å². The first kappa shape index (κ1) is 14.2. The number of benzene rings is 2. The molecule has 0 aliphatic carbocycles. The average molecular weight is 342 g/mol. The van der Waals surface area contributed by atoms with Crippen LogP contribution in [0.4, 0.5) is 0 Å². The Kier molecular flexibility index (Phi) is 4.29. The molecule has 1 aromatic heterocycles. The Bertz CT molecular complexity index is 758. The van der Waals surface area contributed by atoms with Crippen LogP contribution in [-0.2, 0) is 6.42 Å². The molecule has 0 aliphatic rings. The van der Waals surface area contributed by atoms with E-state index in [0.717, 1.165) is 27.5 Å². The van der Waals surface area contributed by atoms with E-state index in [-0.39, 0.29) is 6.04 Å². The summed E-state index contributed by atoms with van der Waals surface area (Å²) in [4.78, 5) is 4.71. The third-order valence-electron chi connectivity index (χ3n) is 3.56. The smallest absolute Gasteiger partial charge is 0.0706 e. The van der Waals surface area contributed by atoms with Crippen LogP contribution in [0.3, 0.4) is 0 Å². The fraction of sp³-hybridized carbons (Fsp3) is 0.118. The SMILES string of the molecule is NNC(Cc1ccccc1Br)c1ccc2ccccc2n1. The first-order chi connectivity index (χ1) is 10.3. The van der Waals surface area contributed by atoms with Gasteiger partial charge in [-0.3, -0.25) is 16.3 Å². The fourth-order valence-electron chi connectivity index (χ4n) is 2.41. The van der Waals surface area contributed by atoms with Gasteiger partial charge in [0.1, 0.15) is 0 Å². The molecule has 21 heavy (non-hydrogen) atoms. The van der Waals surface area contributed by atoms with E-state index in [1.807, 2.05) is 42.5 Å². The van der Waals surface area contributed by atoms with Gasteiger partial charge in [-0.15, -0.1) is 0 Å². The molecule has 0 spiro atoms. The molecular formula is C17H16BrN3. The Hall–Kier alpha value is -1.75. The first-order valence-electron chi connectivity index (χ1n) is 6.83. The minimum Gasteiger partial charge on any atom is -0.271 e. The fourth-order valence-corrected chi connectivity index (χ4v) is 2.86. The summed E-state index contributed by atoms with van der Waals surface area (Å²) in [6, 6.07) is 20.4. The largest absolute Gasteiger partial charge is 0.271 e. The van der Waals surface area contributed by atoms with Gasteiger partial charge in [-0.1, -0.05) is 58.4 Å². The van der Waals surface area contributed by atoms with Crippen molar-refractivity contribution in [3.8, 4) is 0 Å². The van der Waals surface area contributed by atoms with Gasteiger partial charge in [0.15, 0.2) is 0 Å². The summed E-state index contributed by atoms with van der Waals surface area (Å²) >= 11 is 3.58. The molecule has 0 fully saturated rings. The van der Waals surface area contributed by atoms with Crippen LogP contribution in [0.2, 0.25) is 0 Å². The highest BCUT2D eigenvalue weighted by Gasteiger charge is 2.14. The number of pyridine rings is 1. The van der Waals surface area contributed by atoms with Crippen molar-refractivity contribution in [1.29, 1.82) is 0 Å². The minimum absolute atomic E-state index is 0.0201. The Morgan fingerprint density at radius 3 is 2.57 bits per heavy atom. The van der Waals surface area contributed by atoms with Gasteiger partial charge in [0.2, 0.25) is 0 Å². The molecule has 1 unspecified atom stereocenters. The summed E-state index contributed by atoms with van der Waals surface area (Å²) in [5.41, 5.74) is 6.02. The Balaban J connectivity index is 1.93. The molecule has 3 rings (SSSR count). The molecule has 0 radical (unpaired) electrons. The van der Waals surface area contributed by atoms with Crippen LogP contribution in [0, 0.1) is 0 Å². The zero-order chi connectivity index (χ0) is 14.7. The number of nitrogens with zero attached hydrogens (tertiary/aromatic N) is 1. The van der Waals surface area contributed by atoms with E-state index in [9.17, 15) is 0 Å². The predicted molar refractivity (Wildman–Crippen MR) is 89.7 cm³/mol. The van der Waals surface area contributed by atoms with Crippen molar-refractivity contribution >= 4 is 26.8 Å². The van der Waals surface area contributed by atoms with E-state index >= 15 is 0 Å². The maximum absolute atomic E-state index is 5.74. The highest BCUT2D eigenvalue weighted by atomic mass is 79.9. The Morgan fingerprint density at radius 1 is 1.00 bits per heavy atom. The van der Waals surface area contributed by atoms with Gasteiger partial charge in [0, 0.05) is 9.86 Å². The molecule has 0 bridgehead atoms. The van der Waals surface area contributed by atoms with E-state index in [1.165, 1.54) is 5.56 Å². The van der Waals surface area contributed by atoms with E-state index in [2.05, 4.69) is 39.6 Å². The minimum atomic E-state index is -0.0201. The average Bonchev–Trinajstić information content (AvgIpc) is 2.54. The van der Waals surface area contributed by atoms with Gasteiger partial charge in [-0.05, 0) is 30.2 Å². The van der Waals surface area contributed by atoms with E-state index in [0.29, 0.717) is 0 Å². The second-order valence-electron chi connectivity index (χ2n) is 4.94. The summed E-state index contributed by atoms with van der Waals surface area (Å²) < 4.78 is 1.09. The number of rotatable bonds is 4. The molecule has 0 aliphatic heterocycles. The number of halogens is 1. The summed E-state index contributed by atoms with van der Waals surface area (Å²) in [6.07, 6.45) is 0.781. The Labute approximate surface area is 132 Å². The highest BCUT2D eigenvalue weighted by molar-refractivity contribution is 9.10. The standard InChI is InChI=1S/C17H16BrN3/c18-14-7-3-1-6-13(14)11-17(21-19)16-10-9-12-5-2-4-8-15(12)20-16/h1-10,17,21H,11,19H2. The molecule has 3 nitrogen and oxygen atoms in total. The maximum atomic E-state index is 5.74. The summed E-state index contributed by atoms with van der Waals surface area (Å²) in [5, 5.41) is 1.14. The monoisotopic (exact) mass is 341 g/mol. The topological polar surface area (TPSA) is 50.9 Å². The van der Waals surface area contributed by atoms with Crippen LogP contribution < -0.4 is 11.3 Å². The van der Waals surface area contributed by atoms with E-state index in [4.69, 9.17) is 10.8 Å². The van der Waals surface area contributed by atoms with Crippen molar-refractivity contribution in [3.63, 3.8) is 0 Å². The van der Waals surface area contributed by atoms with Crippen molar-refractivity contribution in [2.24, 2.45) is 5.84 Å². The summed E-state index contributed by atoms with van der Waals surface area (Å²) in [6.45, 7) is 0. The van der Waals surface area contributed by atoms with Crippen LogP contribution in [0.1, 0.15) is 17.3 Å². The molecule has 1 heterocycles. The van der Waals surface area contributed by atoms with Crippen molar-refractivity contribution < 1.29 is 0 Å². The molecule has 4 heteroatoms. The molecule has 0 saturated carbocycles. The zero-order valence-corrected chi connectivity index (χ0v) is 13.0. The molecule has 106 valence electrons. The summed E-state index contributed by atoms with van der Waals surface area (Å²) in [5.74, 6) is 5.74. The number of hydrazine groups is 1. The lowest BCUT2D eigenvalue weighted by molar-refractivity contribution is 0.539. The normalized spacial score (nSPS) is 12.5. The molecule has 0 saturated heterocycles. The van der Waals surface area contributed by atoms with Gasteiger partial charge >= 0.3 is 0 Å². The third kappa shape index (κ3) is 3.13. The lowest BCUT2D eigenvalue weighted by atomic mass is 10.0. The lowest BCUT2D eigenvalue weighted by Gasteiger charge is -2.17. The molecule has 3 N–H and O–H groups in total. The quantitative estimate of drug-likeness (QED) is 0.561. The highest BCUT2D eigenvalue weighted by Crippen LogP contribution is 2.23. The molecular weight excluding hydrogens is 326 g/mol. The second kappa shape index (κ2) is 6.35. The van der Waals surface area contributed by atoms with Crippen molar-refractivity contribution in [3.05, 3.63) is 76.4 Å². The number of fused-ring (bicyclic) bond motifs is 1. The third-order valence-corrected chi connectivity index (χ3v) is 4.33. The maximum Gasteiger partial charge on any atom is 0.0706 e. The van der Waals surface area contributed by atoms with Crippen molar-refractivity contribution in [2.75, 3.05) is 0 Å². The number of hydrogen-bond acceptors (Lipinski definition) is 3. The van der Waals surface area contributed by atoms with Gasteiger partial charge in [0.25, 0.3) is 0 Å². The van der Waals surface area contributed by atoms with Gasteiger partial charge < -0.3 is 0 Å². The lowest BCUT2D eigenvalue weighted by Crippen LogP contribution is -2.30. The zero-order valence-electron chi connectivity index (χ0n) is 11.5. The molecule has 0 amide bonds. The number of nitrogens with two attached hydrogens (primary N) is 1. The predicted octanol–water partition coefficient (Wildman–Crippen LogP) is 3.74. The molecule has 2 aromatic carbocycles.